The first kappa shape index (κ1) is 11.7. The average molecular weight is 206 g/mol. The molecule has 0 saturated heterocycles. The van der Waals surface area contributed by atoms with Crippen LogP contribution in [0.1, 0.15) is 25.3 Å². The molecule has 2 atom stereocenters. The Morgan fingerprint density at radius 1 is 1.33 bits per heavy atom. The fraction of sp³-hybridized carbons (Fsp3) is 0.417. The summed E-state index contributed by atoms with van der Waals surface area (Å²) in [5.74, 6) is 0.187. The molecule has 0 radical (unpaired) electrons. The molecule has 0 saturated carbocycles. The maximum Gasteiger partial charge on any atom is 0.233 e. The van der Waals surface area contributed by atoms with E-state index in [1.54, 1.807) is 0 Å². The standard InChI is InChI=1S/C12H18N2O/c1-9(10(2)14-12(15)8-13)11-6-4-3-5-7-11/h3-7,9-10H,8,13H2,1-2H3,(H,14,15). The van der Waals surface area contributed by atoms with Crippen molar-refractivity contribution >= 4 is 5.91 Å². The predicted octanol–water partition coefficient (Wildman–Crippen LogP) is 1.25. The van der Waals surface area contributed by atoms with E-state index in [0.29, 0.717) is 5.92 Å². The molecule has 0 aromatic heterocycles. The second kappa shape index (κ2) is 5.51. The number of rotatable bonds is 4. The van der Waals surface area contributed by atoms with Crippen LogP contribution in [0.25, 0.3) is 0 Å². The zero-order chi connectivity index (χ0) is 11.3. The van der Waals surface area contributed by atoms with Crippen molar-refractivity contribution in [3.05, 3.63) is 35.9 Å². The lowest BCUT2D eigenvalue weighted by molar-refractivity contribution is -0.120. The van der Waals surface area contributed by atoms with Crippen LogP contribution in [0.4, 0.5) is 0 Å². The third-order valence-electron chi connectivity index (χ3n) is 2.65. The van der Waals surface area contributed by atoms with Crippen LogP contribution in [-0.2, 0) is 4.79 Å². The number of carbonyl (C=O) groups is 1. The molecule has 3 nitrogen and oxygen atoms in total. The minimum absolute atomic E-state index is 0.0475. The highest BCUT2D eigenvalue weighted by Gasteiger charge is 2.15. The van der Waals surface area contributed by atoms with E-state index in [2.05, 4.69) is 24.4 Å². The molecule has 1 amide bonds. The zero-order valence-corrected chi connectivity index (χ0v) is 9.23. The summed E-state index contributed by atoms with van der Waals surface area (Å²) in [5.41, 5.74) is 6.47. The Bertz CT molecular complexity index is 311. The number of amides is 1. The van der Waals surface area contributed by atoms with E-state index >= 15 is 0 Å². The van der Waals surface area contributed by atoms with E-state index in [4.69, 9.17) is 5.73 Å². The van der Waals surface area contributed by atoms with Crippen molar-refractivity contribution in [2.75, 3.05) is 6.54 Å². The summed E-state index contributed by atoms with van der Waals surface area (Å²) >= 11 is 0. The number of nitrogens with two attached hydrogens (primary N) is 1. The monoisotopic (exact) mass is 206 g/mol. The summed E-state index contributed by atoms with van der Waals surface area (Å²) < 4.78 is 0. The van der Waals surface area contributed by atoms with E-state index < -0.39 is 0 Å². The molecular weight excluding hydrogens is 188 g/mol. The summed E-state index contributed by atoms with van der Waals surface area (Å²) in [4.78, 5) is 11.1. The largest absolute Gasteiger partial charge is 0.352 e. The molecule has 3 N–H and O–H groups in total. The minimum atomic E-state index is -0.106. The number of hydrogen-bond acceptors (Lipinski definition) is 2. The zero-order valence-electron chi connectivity index (χ0n) is 9.23. The molecule has 1 aromatic carbocycles. The van der Waals surface area contributed by atoms with Crippen LogP contribution >= 0.6 is 0 Å². The van der Waals surface area contributed by atoms with Crippen LogP contribution in [0.5, 0.6) is 0 Å². The van der Waals surface area contributed by atoms with E-state index in [1.807, 2.05) is 25.1 Å². The van der Waals surface area contributed by atoms with Crippen LogP contribution in [0, 0.1) is 0 Å². The normalized spacial score (nSPS) is 14.3. The molecule has 1 rings (SSSR count). The average Bonchev–Trinajstić information content (AvgIpc) is 2.29. The summed E-state index contributed by atoms with van der Waals surface area (Å²) in [6.45, 7) is 4.13. The Kier molecular flexibility index (Phi) is 4.31. The van der Waals surface area contributed by atoms with Gasteiger partial charge in [-0.1, -0.05) is 37.3 Å². The van der Waals surface area contributed by atoms with Crippen LogP contribution in [-0.4, -0.2) is 18.5 Å². The van der Waals surface area contributed by atoms with Crippen LogP contribution < -0.4 is 11.1 Å². The highest BCUT2D eigenvalue weighted by atomic mass is 16.1. The van der Waals surface area contributed by atoms with Gasteiger partial charge in [0.15, 0.2) is 0 Å². The smallest absolute Gasteiger partial charge is 0.233 e. The molecule has 2 unspecified atom stereocenters. The Labute approximate surface area is 90.7 Å². The Balaban J connectivity index is 2.61. The van der Waals surface area contributed by atoms with Crippen molar-refractivity contribution in [2.45, 2.75) is 25.8 Å². The van der Waals surface area contributed by atoms with Crippen molar-refractivity contribution in [3.63, 3.8) is 0 Å². The first-order chi connectivity index (χ1) is 7.15. The lowest BCUT2D eigenvalue weighted by Crippen LogP contribution is -2.39. The Morgan fingerprint density at radius 2 is 1.93 bits per heavy atom. The summed E-state index contributed by atoms with van der Waals surface area (Å²) in [7, 11) is 0. The maximum atomic E-state index is 11.1. The van der Waals surface area contributed by atoms with E-state index in [0.717, 1.165) is 0 Å². The quantitative estimate of drug-likeness (QED) is 0.779. The summed E-state index contributed by atoms with van der Waals surface area (Å²) in [6, 6.07) is 10.2. The van der Waals surface area contributed by atoms with Gasteiger partial charge in [0, 0.05) is 12.0 Å². The number of benzene rings is 1. The second-order valence-electron chi connectivity index (χ2n) is 3.76. The van der Waals surface area contributed by atoms with E-state index in [-0.39, 0.29) is 18.5 Å². The van der Waals surface area contributed by atoms with Crippen molar-refractivity contribution in [1.29, 1.82) is 0 Å². The van der Waals surface area contributed by atoms with Gasteiger partial charge in [-0.3, -0.25) is 4.79 Å². The molecule has 0 bridgehead atoms. The molecule has 82 valence electrons. The topological polar surface area (TPSA) is 55.1 Å². The van der Waals surface area contributed by atoms with Crippen molar-refractivity contribution in [3.8, 4) is 0 Å². The molecule has 0 fully saturated rings. The van der Waals surface area contributed by atoms with Crippen LogP contribution in [0.15, 0.2) is 30.3 Å². The fourth-order valence-corrected chi connectivity index (χ4v) is 1.48. The van der Waals surface area contributed by atoms with E-state index in [9.17, 15) is 4.79 Å². The van der Waals surface area contributed by atoms with Gasteiger partial charge in [0.25, 0.3) is 0 Å². The molecule has 3 heteroatoms. The van der Waals surface area contributed by atoms with Crippen LogP contribution in [0.3, 0.4) is 0 Å². The number of nitrogens with one attached hydrogen (secondary N) is 1. The van der Waals surface area contributed by atoms with Gasteiger partial charge in [-0.25, -0.2) is 0 Å². The molecule has 0 aliphatic carbocycles. The first-order valence-electron chi connectivity index (χ1n) is 5.19. The van der Waals surface area contributed by atoms with Gasteiger partial charge in [-0.05, 0) is 12.5 Å². The van der Waals surface area contributed by atoms with Gasteiger partial charge in [-0.15, -0.1) is 0 Å². The lowest BCUT2D eigenvalue weighted by Gasteiger charge is -2.21. The van der Waals surface area contributed by atoms with Gasteiger partial charge in [0.05, 0.1) is 6.54 Å². The predicted molar refractivity (Wildman–Crippen MR) is 61.5 cm³/mol. The number of hydrogen-bond donors (Lipinski definition) is 2. The highest BCUT2D eigenvalue weighted by molar-refractivity contribution is 5.78. The first-order valence-corrected chi connectivity index (χ1v) is 5.19. The molecule has 0 aliphatic heterocycles. The van der Waals surface area contributed by atoms with Crippen molar-refractivity contribution in [1.82, 2.24) is 5.32 Å². The molecule has 15 heavy (non-hydrogen) atoms. The molecule has 1 aromatic rings. The fourth-order valence-electron chi connectivity index (χ4n) is 1.48. The second-order valence-corrected chi connectivity index (χ2v) is 3.76. The van der Waals surface area contributed by atoms with E-state index in [1.165, 1.54) is 5.56 Å². The third kappa shape index (κ3) is 3.36. The Hall–Kier alpha value is -1.35. The molecular formula is C12H18N2O. The van der Waals surface area contributed by atoms with Crippen LogP contribution in [0.2, 0.25) is 0 Å². The third-order valence-corrected chi connectivity index (χ3v) is 2.65. The van der Waals surface area contributed by atoms with Crippen molar-refractivity contribution < 1.29 is 4.79 Å². The van der Waals surface area contributed by atoms with Gasteiger partial charge in [0.2, 0.25) is 5.91 Å². The van der Waals surface area contributed by atoms with Gasteiger partial charge in [-0.2, -0.15) is 0 Å². The van der Waals surface area contributed by atoms with Gasteiger partial charge in [0.1, 0.15) is 0 Å². The SMILES string of the molecule is CC(NC(=O)CN)C(C)c1ccccc1. The minimum Gasteiger partial charge on any atom is -0.352 e. The molecule has 0 spiro atoms. The lowest BCUT2D eigenvalue weighted by atomic mass is 9.94. The summed E-state index contributed by atoms with van der Waals surface area (Å²) in [5, 5.41) is 2.86. The maximum absolute atomic E-state index is 11.1. The Morgan fingerprint density at radius 3 is 2.47 bits per heavy atom. The van der Waals surface area contributed by atoms with Gasteiger partial charge >= 0.3 is 0 Å². The molecule has 0 heterocycles. The van der Waals surface area contributed by atoms with Crippen molar-refractivity contribution in [2.24, 2.45) is 5.73 Å². The molecule has 0 aliphatic rings. The number of carbonyl (C=O) groups excluding carboxylic acids is 1. The summed E-state index contributed by atoms with van der Waals surface area (Å²) in [6.07, 6.45) is 0. The highest BCUT2D eigenvalue weighted by Crippen LogP contribution is 2.18. The van der Waals surface area contributed by atoms with Gasteiger partial charge < -0.3 is 11.1 Å².